The number of unbranched alkanes of at least 4 members (excludes halogenated alkanes) is 1. The lowest BCUT2D eigenvalue weighted by Gasteiger charge is -2.06. The van der Waals surface area contributed by atoms with Gasteiger partial charge in [-0.2, -0.15) is 0 Å². The van der Waals surface area contributed by atoms with Crippen molar-refractivity contribution in [1.29, 1.82) is 0 Å². The average Bonchev–Trinajstić information content (AvgIpc) is 2.15. The molecule has 0 aliphatic rings. The van der Waals surface area contributed by atoms with Gasteiger partial charge in [-0.1, -0.05) is 38.1 Å². The van der Waals surface area contributed by atoms with Crippen LogP contribution in [0.3, 0.4) is 0 Å². The maximum absolute atomic E-state index is 9.52. The van der Waals surface area contributed by atoms with E-state index in [1.165, 1.54) is 12.0 Å². The Kier molecular flexibility index (Phi) is 3.56. The van der Waals surface area contributed by atoms with Gasteiger partial charge in [-0.25, -0.2) is 0 Å². The molecular formula is C12H16O. The zero-order chi connectivity index (χ0) is 9.68. The van der Waals surface area contributed by atoms with Crippen LogP contribution in [0.5, 0.6) is 5.75 Å². The van der Waals surface area contributed by atoms with Crippen LogP contribution in [0.1, 0.15) is 30.9 Å². The molecule has 13 heavy (non-hydrogen) atoms. The SMILES string of the molecule is C=Cc1c(O)cccc1CCCC. The van der Waals surface area contributed by atoms with Crippen molar-refractivity contribution in [2.24, 2.45) is 0 Å². The molecule has 0 amide bonds. The van der Waals surface area contributed by atoms with Gasteiger partial charge in [-0.3, -0.25) is 0 Å². The predicted molar refractivity (Wildman–Crippen MR) is 56.8 cm³/mol. The molecule has 1 rings (SSSR count). The maximum Gasteiger partial charge on any atom is 0.123 e. The molecule has 1 heteroatoms. The van der Waals surface area contributed by atoms with E-state index in [4.69, 9.17) is 0 Å². The molecule has 1 N–H and O–H groups in total. The summed E-state index contributed by atoms with van der Waals surface area (Å²) in [4.78, 5) is 0. The van der Waals surface area contributed by atoms with Crippen molar-refractivity contribution in [2.45, 2.75) is 26.2 Å². The second-order valence-electron chi connectivity index (χ2n) is 3.16. The van der Waals surface area contributed by atoms with Crippen molar-refractivity contribution in [3.05, 3.63) is 35.9 Å². The maximum atomic E-state index is 9.52. The van der Waals surface area contributed by atoms with Crippen molar-refractivity contribution in [3.8, 4) is 5.75 Å². The summed E-state index contributed by atoms with van der Waals surface area (Å²) in [6.45, 7) is 5.86. The first-order valence-corrected chi connectivity index (χ1v) is 4.73. The molecule has 0 saturated carbocycles. The van der Waals surface area contributed by atoms with Gasteiger partial charge in [0, 0.05) is 5.56 Å². The normalized spacial score (nSPS) is 9.92. The van der Waals surface area contributed by atoms with Crippen LogP contribution in [0.25, 0.3) is 6.08 Å². The molecule has 0 aliphatic carbocycles. The van der Waals surface area contributed by atoms with E-state index in [0.29, 0.717) is 5.75 Å². The summed E-state index contributed by atoms with van der Waals surface area (Å²) in [5, 5.41) is 9.52. The van der Waals surface area contributed by atoms with Gasteiger partial charge >= 0.3 is 0 Å². The van der Waals surface area contributed by atoms with Gasteiger partial charge in [-0.05, 0) is 24.5 Å². The van der Waals surface area contributed by atoms with Crippen LogP contribution in [0.2, 0.25) is 0 Å². The fourth-order valence-electron chi connectivity index (χ4n) is 1.42. The van der Waals surface area contributed by atoms with E-state index in [2.05, 4.69) is 13.5 Å². The molecular weight excluding hydrogens is 160 g/mol. The largest absolute Gasteiger partial charge is 0.507 e. The number of aryl methyl sites for hydroxylation is 1. The molecule has 1 aromatic rings. The first kappa shape index (κ1) is 9.85. The number of rotatable bonds is 4. The number of phenols is 1. The van der Waals surface area contributed by atoms with E-state index < -0.39 is 0 Å². The third kappa shape index (κ3) is 2.35. The summed E-state index contributed by atoms with van der Waals surface area (Å²) >= 11 is 0. The van der Waals surface area contributed by atoms with Crippen molar-refractivity contribution in [1.82, 2.24) is 0 Å². The van der Waals surface area contributed by atoms with E-state index in [1.807, 2.05) is 12.1 Å². The molecule has 0 unspecified atom stereocenters. The van der Waals surface area contributed by atoms with Gasteiger partial charge in [-0.15, -0.1) is 0 Å². The minimum atomic E-state index is 0.337. The predicted octanol–water partition coefficient (Wildman–Crippen LogP) is 3.38. The molecule has 0 fully saturated rings. The van der Waals surface area contributed by atoms with Crippen LogP contribution >= 0.6 is 0 Å². The minimum absolute atomic E-state index is 0.337. The van der Waals surface area contributed by atoms with Crippen molar-refractivity contribution < 1.29 is 5.11 Å². The van der Waals surface area contributed by atoms with E-state index in [9.17, 15) is 5.11 Å². The number of aromatic hydroxyl groups is 1. The highest BCUT2D eigenvalue weighted by Gasteiger charge is 2.02. The first-order chi connectivity index (χ1) is 6.29. The van der Waals surface area contributed by atoms with Gasteiger partial charge < -0.3 is 5.11 Å². The second kappa shape index (κ2) is 4.70. The highest BCUT2D eigenvalue weighted by molar-refractivity contribution is 5.59. The quantitative estimate of drug-likeness (QED) is 0.745. The highest BCUT2D eigenvalue weighted by Crippen LogP contribution is 2.23. The molecule has 0 spiro atoms. The Morgan fingerprint density at radius 1 is 1.46 bits per heavy atom. The fourth-order valence-corrected chi connectivity index (χ4v) is 1.42. The first-order valence-electron chi connectivity index (χ1n) is 4.73. The number of benzene rings is 1. The Labute approximate surface area is 79.7 Å². The van der Waals surface area contributed by atoms with Crippen molar-refractivity contribution >= 4 is 6.08 Å². The Morgan fingerprint density at radius 3 is 2.85 bits per heavy atom. The zero-order valence-electron chi connectivity index (χ0n) is 8.09. The molecule has 0 aliphatic heterocycles. The van der Waals surface area contributed by atoms with Crippen LogP contribution in [-0.4, -0.2) is 5.11 Å². The molecule has 1 nitrogen and oxygen atoms in total. The van der Waals surface area contributed by atoms with Crippen molar-refractivity contribution in [2.75, 3.05) is 0 Å². The van der Waals surface area contributed by atoms with Gasteiger partial charge in [0.1, 0.15) is 5.75 Å². The summed E-state index contributed by atoms with van der Waals surface area (Å²) in [5.74, 6) is 0.337. The van der Waals surface area contributed by atoms with Gasteiger partial charge in [0.15, 0.2) is 0 Å². The van der Waals surface area contributed by atoms with Gasteiger partial charge in [0.05, 0.1) is 0 Å². The lowest BCUT2D eigenvalue weighted by atomic mass is 10.0. The Morgan fingerprint density at radius 2 is 2.23 bits per heavy atom. The van der Waals surface area contributed by atoms with E-state index in [0.717, 1.165) is 18.4 Å². The second-order valence-corrected chi connectivity index (χ2v) is 3.16. The Bertz CT molecular complexity index is 289. The summed E-state index contributed by atoms with van der Waals surface area (Å²) in [6, 6.07) is 5.63. The third-order valence-electron chi connectivity index (χ3n) is 2.18. The molecule has 0 aromatic heterocycles. The molecule has 0 bridgehead atoms. The van der Waals surface area contributed by atoms with Gasteiger partial charge in [0.2, 0.25) is 0 Å². The summed E-state index contributed by atoms with van der Waals surface area (Å²) in [5.41, 5.74) is 2.08. The highest BCUT2D eigenvalue weighted by atomic mass is 16.3. The topological polar surface area (TPSA) is 20.2 Å². The van der Waals surface area contributed by atoms with E-state index in [-0.39, 0.29) is 0 Å². The smallest absolute Gasteiger partial charge is 0.123 e. The minimum Gasteiger partial charge on any atom is -0.507 e. The van der Waals surface area contributed by atoms with Crippen LogP contribution in [0.4, 0.5) is 0 Å². The lowest BCUT2D eigenvalue weighted by molar-refractivity contribution is 0.473. The monoisotopic (exact) mass is 176 g/mol. The van der Waals surface area contributed by atoms with Gasteiger partial charge in [0.25, 0.3) is 0 Å². The van der Waals surface area contributed by atoms with Crippen LogP contribution in [0.15, 0.2) is 24.8 Å². The standard InChI is InChI=1S/C12H16O/c1-3-5-7-10-8-6-9-12(13)11(10)4-2/h4,6,8-9,13H,2-3,5,7H2,1H3. The molecule has 0 heterocycles. The van der Waals surface area contributed by atoms with E-state index >= 15 is 0 Å². The molecule has 0 atom stereocenters. The van der Waals surface area contributed by atoms with Crippen molar-refractivity contribution in [3.63, 3.8) is 0 Å². The zero-order valence-corrected chi connectivity index (χ0v) is 8.09. The van der Waals surface area contributed by atoms with Crippen LogP contribution in [-0.2, 0) is 6.42 Å². The third-order valence-corrected chi connectivity index (χ3v) is 2.18. The molecule has 1 aromatic carbocycles. The summed E-state index contributed by atoms with van der Waals surface area (Å²) < 4.78 is 0. The fraction of sp³-hybridized carbons (Fsp3) is 0.333. The number of hydrogen-bond acceptors (Lipinski definition) is 1. The number of hydrogen-bond donors (Lipinski definition) is 1. The molecule has 0 saturated heterocycles. The Balaban J connectivity index is 2.91. The Hall–Kier alpha value is -1.24. The summed E-state index contributed by atoms with van der Waals surface area (Å²) in [6.07, 6.45) is 5.07. The average molecular weight is 176 g/mol. The van der Waals surface area contributed by atoms with Crippen LogP contribution in [0, 0.1) is 0 Å². The molecule has 70 valence electrons. The molecule has 0 radical (unpaired) electrons. The lowest BCUT2D eigenvalue weighted by Crippen LogP contribution is -1.89. The van der Waals surface area contributed by atoms with E-state index in [1.54, 1.807) is 12.1 Å². The number of phenolic OH excluding ortho intramolecular Hbond substituents is 1. The summed E-state index contributed by atoms with van der Waals surface area (Å²) in [7, 11) is 0. The van der Waals surface area contributed by atoms with Crippen LogP contribution < -0.4 is 0 Å².